The van der Waals surface area contributed by atoms with Crippen LogP contribution in [0.4, 0.5) is 5.69 Å². The van der Waals surface area contributed by atoms with Crippen molar-refractivity contribution < 1.29 is 18.0 Å². The van der Waals surface area contributed by atoms with E-state index in [0.717, 1.165) is 15.4 Å². The van der Waals surface area contributed by atoms with Crippen molar-refractivity contribution in [1.29, 1.82) is 0 Å². The molecule has 39 heavy (non-hydrogen) atoms. The van der Waals surface area contributed by atoms with Gasteiger partial charge in [-0.25, -0.2) is 8.42 Å². The summed E-state index contributed by atoms with van der Waals surface area (Å²) >= 11 is 5.99. The molecule has 3 aromatic carbocycles. The summed E-state index contributed by atoms with van der Waals surface area (Å²) in [7, 11) is -4.13. The quantitative estimate of drug-likeness (QED) is 0.346. The molecule has 9 heteroatoms. The molecule has 0 radical (unpaired) electrons. The van der Waals surface area contributed by atoms with Gasteiger partial charge in [-0.1, -0.05) is 66.6 Å². The second kappa shape index (κ2) is 12.7. The summed E-state index contributed by atoms with van der Waals surface area (Å²) in [5, 5.41) is 3.37. The molecule has 3 rings (SSSR count). The molecule has 0 saturated heterocycles. The molecule has 0 aliphatic carbocycles. The number of rotatable bonds is 10. The Morgan fingerprint density at radius 2 is 1.59 bits per heavy atom. The van der Waals surface area contributed by atoms with Crippen LogP contribution in [0.25, 0.3) is 0 Å². The predicted molar refractivity (Wildman–Crippen MR) is 156 cm³/mol. The van der Waals surface area contributed by atoms with Crippen molar-refractivity contribution in [2.75, 3.05) is 10.8 Å². The molecule has 2 amide bonds. The molecule has 0 saturated carbocycles. The zero-order valence-corrected chi connectivity index (χ0v) is 24.6. The summed E-state index contributed by atoms with van der Waals surface area (Å²) < 4.78 is 28.7. The van der Waals surface area contributed by atoms with Crippen LogP contribution < -0.4 is 9.62 Å². The van der Waals surface area contributed by atoms with Crippen LogP contribution in [0, 0.1) is 6.92 Å². The Hall–Kier alpha value is -3.36. The maximum Gasteiger partial charge on any atom is 0.264 e. The number of carbonyl (C=O) groups is 2. The van der Waals surface area contributed by atoms with Crippen LogP contribution in [0.3, 0.4) is 0 Å². The van der Waals surface area contributed by atoms with E-state index in [1.165, 1.54) is 29.2 Å². The molecule has 0 heterocycles. The molecule has 0 aliphatic rings. The normalized spacial score (nSPS) is 12.5. The van der Waals surface area contributed by atoms with Gasteiger partial charge in [-0.2, -0.15) is 0 Å². The van der Waals surface area contributed by atoms with Crippen molar-refractivity contribution in [2.24, 2.45) is 0 Å². The lowest BCUT2D eigenvalue weighted by Crippen LogP contribution is -2.55. The van der Waals surface area contributed by atoms with Crippen LogP contribution in [-0.4, -0.2) is 43.3 Å². The fourth-order valence-electron chi connectivity index (χ4n) is 4.24. The van der Waals surface area contributed by atoms with Gasteiger partial charge in [-0.05, 0) is 76.1 Å². The van der Waals surface area contributed by atoms with Gasteiger partial charge in [0, 0.05) is 17.1 Å². The summed E-state index contributed by atoms with van der Waals surface area (Å²) in [6.07, 6.45) is 0.356. The second-order valence-corrected chi connectivity index (χ2v) is 12.8. The average molecular weight is 570 g/mol. The fraction of sp³-hybridized carbons (Fsp3) is 0.333. The lowest BCUT2D eigenvalue weighted by atomic mass is 10.0. The first-order valence-corrected chi connectivity index (χ1v) is 14.6. The molecular weight excluding hydrogens is 534 g/mol. The standard InChI is InChI=1S/C30H36ClN3O4S/c1-6-27(29(36)32-30(3,4)5)33(20-23-12-10-11-22(2)19-23)28(35)21-34(25-13-8-7-9-14-25)39(37,38)26-17-15-24(31)16-18-26/h7-19,27H,6,20-21H2,1-5H3,(H,32,36)/t27-/m1/s1. The second-order valence-electron chi connectivity index (χ2n) is 10.5. The van der Waals surface area contributed by atoms with E-state index in [1.54, 1.807) is 30.3 Å². The van der Waals surface area contributed by atoms with Crippen molar-refractivity contribution in [3.05, 3.63) is 95.0 Å². The summed E-state index contributed by atoms with van der Waals surface area (Å²) in [5.74, 6) is -0.786. The minimum atomic E-state index is -4.13. The summed E-state index contributed by atoms with van der Waals surface area (Å²) in [6, 6.07) is 21.2. The zero-order valence-electron chi connectivity index (χ0n) is 23.0. The van der Waals surface area contributed by atoms with Gasteiger partial charge in [-0.3, -0.25) is 13.9 Å². The fourth-order valence-corrected chi connectivity index (χ4v) is 5.78. The van der Waals surface area contributed by atoms with Crippen LogP contribution in [0.1, 0.15) is 45.2 Å². The highest BCUT2D eigenvalue weighted by Gasteiger charge is 2.34. The van der Waals surface area contributed by atoms with Gasteiger partial charge in [0.05, 0.1) is 10.6 Å². The Labute approximate surface area is 236 Å². The van der Waals surface area contributed by atoms with Crippen LogP contribution in [0.5, 0.6) is 0 Å². The lowest BCUT2D eigenvalue weighted by molar-refractivity contribution is -0.141. The largest absolute Gasteiger partial charge is 0.350 e. The third kappa shape index (κ3) is 8.07. The van der Waals surface area contributed by atoms with Crippen molar-refractivity contribution in [3.8, 4) is 0 Å². The lowest BCUT2D eigenvalue weighted by Gasteiger charge is -2.34. The Morgan fingerprint density at radius 1 is 0.949 bits per heavy atom. The first kappa shape index (κ1) is 30.2. The third-order valence-electron chi connectivity index (χ3n) is 6.04. The van der Waals surface area contributed by atoms with E-state index in [4.69, 9.17) is 11.6 Å². The van der Waals surface area contributed by atoms with Gasteiger partial charge >= 0.3 is 0 Å². The highest BCUT2D eigenvalue weighted by molar-refractivity contribution is 7.92. The number of para-hydroxylation sites is 1. The Morgan fingerprint density at radius 3 is 2.15 bits per heavy atom. The van der Waals surface area contributed by atoms with Crippen LogP contribution in [0.2, 0.25) is 5.02 Å². The minimum absolute atomic E-state index is 0.00584. The van der Waals surface area contributed by atoms with Crippen LogP contribution >= 0.6 is 11.6 Å². The third-order valence-corrected chi connectivity index (χ3v) is 8.08. The SMILES string of the molecule is CC[C@H](C(=O)NC(C)(C)C)N(Cc1cccc(C)c1)C(=O)CN(c1ccccc1)S(=O)(=O)c1ccc(Cl)cc1. The molecule has 0 aliphatic heterocycles. The van der Waals surface area contributed by atoms with E-state index in [1.807, 2.05) is 58.9 Å². The van der Waals surface area contributed by atoms with E-state index in [-0.39, 0.29) is 17.3 Å². The molecule has 0 bridgehead atoms. The smallest absolute Gasteiger partial charge is 0.264 e. The van der Waals surface area contributed by atoms with Gasteiger partial charge in [0.15, 0.2) is 0 Å². The Bertz CT molecular complexity index is 1390. The first-order valence-electron chi connectivity index (χ1n) is 12.8. The van der Waals surface area contributed by atoms with Crippen molar-refractivity contribution in [2.45, 2.75) is 64.1 Å². The number of benzene rings is 3. The van der Waals surface area contributed by atoms with E-state index in [2.05, 4.69) is 5.32 Å². The van der Waals surface area contributed by atoms with E-state index >= 15 is 0 Å². The highest BCUT2D eigenvalue weighted by atomic mass is 35.5. The molecule has 0 unspecified atom stereocenters. The molecule has 1 atom stereocenters. The maximum absolute atomic E-state index is 14.0. The number of hydrogen-bond acceptors (Lipinski definition) is 4. The number of nitrogens with one attached hydrogen (secondary N) is 1. The maximum atomic E-state index is 14.0. The molecule has 0 fully saturated rings. The Kier molecular flexibility index (Phi) is 9.80. The number of sulfonamides is 1. The van der Waals surface area contributed by atoms with Crippen LogP contribution in [-0.2, 0) is 26.2 Å². The zero-order chi connectivity index (χ0) is 28.8. The summed E-state index contributed by atoms with van der Waals surface area (Å²) in [5.41, 5.74) is 1.69. The number of amides is 2. The molecule has 208 valence electrons. The molecular formula is C30H36ClN3O4S. The van der Waals surface area contributed by atoms with Crippen molar-refractivity contribution >= 4 is 39.1 Å². The summed E-state index contributed by atoms with van der Waals surface area (Å²) in [4.78, 5) is 28.9. The highest BCUT2D eigenvalue weighted by Crippen LogP contribution is 2.26. The number of halogens is 1. The van der Waals surface area contributed by atoms with Gasteiger partial charge in [-0.15, -0.1) is 0 Å². The average Bonchev–Trinajstić information content (AvgIpc) is 2.86. The van der Waals surface area contributed by atoms with Gasteiger partial charge < -0.3 is 10.2 Å². The van der Waals surface area contributed by atoms with E-state index in [0.29, 0.717) is 17.1 Å². The molecule has 3 aromatic rings. The monoisotopic (exact) mass is 569 g/mol. The number of aryl methyl sites for hydroxylation is 1. The van der Waals surface area contributed by atoms with Crippen molar-refractivity contribution in [1.82, 2.24) is 10.2 Å². The Balaban J connectivity index is 2.05. The number of nitrogens with zero attached hydrogens (tertiary/aromatic N) is 2. The van der Waals surface area contributed by atoms with Crippen LogP contribution in [0.15, 0.2) is 83.8 Å². The number of anilines is 1. The molecule has 7 nitrogen and oxygen atoms in total. The number of carbonyl (C=O) groups excluding carboxylic acids is 2. The predicted octanol–water partition coefficient (Wildman–Crippen LogP) is 5.57. The van der Waals surface area contributed by atoms with Gasteiger partial charge in [0.2, 0.25) is 11.8 Å². The molecule has 0 spiro atoms. The number of hydrogen-bond donors (Lipinski definition) is 1. The molecule has 0 aromatic heterocycles. The first-order chi connectivity index (χ1) is 18.3. The van der Waals surface area contributed by atoms with Gasteiger partial charge in [0.1, 0.15) is 12.6 Å². The van der Waals surface area contributed by atoms with Gasteiger partial charge in [0.25, 0.3) is 10.0 Å². The van der Waals surface area contributed by atoms with E-state index in [9.17, 15) is 18.0 Å². The van der Waals surface area contributed by atoms with Crippen molar-refractivity contribution in [3.63, 3.8) is 0 Å². The summed E-state index contributed by atoms with van der Waals surface area (Å²) in [6.45, 7) is 9.08. The topological polar surface area (TPSA) is 86.8 Å². The minimum Gasteiger partial charge on any atom is -0.350 e. The molecule has 1 N–H and O–H groups in total. The van der Waals surface area contributed by atoms with E-state index < -0.39 is 34.1 Å².